The number of halogens is 3. The maximum atomic E-state index is 12.6. The maximum Gasteiger partial charge on any atom is 0.416 e. The van der Waals surface area contributed by atoms with Crippen molar-refractivity contribution >= 4 is 5.69 Å². The molecule has 2 nitrogen and oxygen atoms in total. The van der Waals surface area contributed by atoms with E-state index in [1.54, 1.807) is 0 Å². The zero-order valence-electron chi connectivity index (χ0n) is 9.96. The lowest BCUT2D eigenvalue weighted by atomic mass is 10.1. The van der Waals surface area contributed by atoms with Crippen LogP contribution in [0.15, 0.2) is 18.2 Å². The standard InChI is InChI=1S/C13H13F3N2/c1-9-4-5-18(8-9)12-3-2-11(13(14,15)16)6-10(12)7-17/h2-3,6,9H,4-5,8H2,1H3. The highest BCUT2D eigenvalue weighted by atomic mass is 19.4. The molecule has 18 heavy (non-hydrogen) atoms. The Labute approximate surface area is 104 Å². The van der Waals surface area contributed by atoms with E-state index in [-0.39, 0.29) is 5.56 Å². The minimum Gasteiger partial charge on any atom is -0.370 e. The van der Waals surface area contributed by atoms with Gasteiger partial charge in [0, 0.05) is 13.1 Å². The fraction of sp³-hybridized carbons (Fsp3) is 0.462. The van der Waals surface area contributed by atoms with Gasteiger partial charge in [-0.2, -0.15) is 18.4 Å². The predicted octanol–water partition coefficient (Wildman–Crippen LogP) is 3.42. The van der Waals surface area contributed by atoms with E-state index in [4.69, 9.17) is 5.26 Å². The van der Waals surface area contributed by atoms with Gasteiger partial charge >= 0.3 is 6.18 Å². The van der Waals surface area contributed by atoms with Crippen molar-refractivity contribution in [1.29, 1.82) is 5.26 Å². The molecule has 0 N–H and O–H groups in total. The third kappa shape index (κ3) is 2.42. The van der Waals surface area contributed by atoms with Crippen molar-refractivity contribution in [3.05, 3.63) is 29.3 Å². The second kappa shape index (κ2) is 4.52. The van der Waals surface area contributed by atoms with Crippen molar-refractivity contribution in [2.75, 3.05) is 18.0 Å². The minimum absolute atomic E-state index is 0.0962. The number of nitrogens with zero attached hydrogens (tertiary/aromatic N) is 2. The van der Waals surface area contributed by atoms with E-state index in [1.807, 2.05) is 11.0 Å². The zero-order chi connectivity index (χ0) is 13.3. The third-order valence-corrected chi connectivity index (χ3v) is 3.21. The first-order valence-electron chi connectivity index (χ1n) is 5.78. The predicted molar refractivity (Wildman–Crippen MR) is 62.2 cm³/mol. The van der Waals surface area contributed by atoms with Gasteiger partial charge in [0.1, 0.15) is 6.07 Å². The number of anilines is 1. The summed E-state index contributed by atoms with van der Waals surface area (Å²) in [6.45, 7) is 3.68. The number of nitriles is 1. The number of rotatable bonds is 1. The molecule has 0 saturated carbocycles. The summed E-state index contributed by atoms with van der Waals surface area (Å²) in [6.07, 6.45) is -3.39. The van der Waals surface area contributed by atoms with Gasteiger partial charge in [0.2, 0.25) is 0 Å². The third-order valence-electron chi connectivity index (χ3n) is 3.21. The van der Waals surface area contributed by atoms with Crippen LogP contribution in [0.1, 0.15) is 24.5 Å². The van der Waals surface area contributed by atoms with E-state index >= 15 is 0 Å². The fourth-order valence-corrected chi connectivity index (χ4v) is 2.23. The topological polar surface area (TPSA) is 27.0 Å². The second-order valence-corrected chi connectivity index (χ2v) is 4.68. The molecule has 1 aliphatic rings. The van der Waals surface area contributed by atoms with Crippen molar-refractivity contribution in [2.24, 2.45) is 5.92 Å². The lowest BCUT2D eigenvalue weighted by Crippen LogP contribution is -2.20. The van der Waals surface area contributed by atoms with E-state index < -0.39 is 11.7 Å². The smallest absolute Gasteiger partial charge is 0.370 e. The molecule has 1 saturated heterocycles. The van der Waals surface area contributed by atoms with E-state index in [0.29, 0.717) is 11.6 Å². The molecule has 1 heterocycles. The SMILES string of the molecule is CC1CCN(c2ccc(C(F)(F)F)cc2C#N)C1. The molecular formula is C13H13F3N2. The van der Waals surface area contributed by atoms with Crippen molar-refractivity contribution in [3.8, 4) is 6.07 Å². The van der Waals surface area contributed by atoms with Crippen LogP contribution in [0.4, 0.5) is 18.9 Å². The fourth-order valence-electron chi connectivity index (χ4n) is 2.23. The first kappa shape index (κ1) is 12.7. The van der Waals surface area contributed by atoms with Crippen molar-refractivity contribution in [2.45, 2.75) is 19.5 Å². The maximum absolute atomic E-state index is 12.6. The van der Waals surface area contributed by atoms with Crippen LogP contribution in [0.2, 0.25) is 0 Å². The molecule has 1 aromatic rings. The van der Waals surface area contributed by atoms with Gasteiger partial charge in [-0.1, -0.05) is 6.92 Å². The molecule has 1 fully saturated rings. The summed E-state index contributed by atoms with van der Waals surface area (Å²) in [5, 5.41) is 8.99. The summed E-state index contributed by atoms with van der Waals surface area (Å²) >= 11 is 0. The summed E-state index contributed by atoms with van der Waals surface area (Å²) in [4.78, 5) is 1.98. The van der Waals surface area contributed by atoms with E-state index in [9.17, 15) is 13.2 Å². The van der Waals surface area contributed by atoms with Crippen LogP contribution in [0.5, 0.6) is 0 Å². The Hall–Kier alpha value is -1.70. The number of benzene rings is 1. The molecule has 96 valence electrons. The van der Waals surface area contributed by atoms with Gasteiger partial charge in [-0.05, 0) is 30.5 Å². The molecule has 5 heteroatoms. The lowest BCUT2D eigenvalue weighted by Gasteiger charge is -2.20. The van der Waals surface area contributed by atoms with Gasteiger partial charge < -0.3 is 4.90 Å². The molecule has 1 unspecified atom stereocenters. The number of hydrogen-bond acceptors (Lipinski definition) is 2. The lowest BCUT2D eigenvalue weighted by molar-refractivity contribution is -0.137. The molecule has 0 amide bonds. The van der Waals surface area contributed by atoms with Crippen LogP contribution in [-0.2, 0) is 6.18 Å². The van der Waals surface area contributed by atoms with Gasteiger partial charge in [0.15, 0.2) is 0 Å². The van der Waals surface area contributed by atoms with E-state index in [1.165, 1.54) is 6.07 Å². The van der Waals surface area contributed by atoms with Crippen LogP contribution in [0, 0.1) is 17.2 Å². The molecule has 1 atom stereocenters. The van der Waals surface area contributed by atoms with Crippen LogP contribution in [0.25, 0.3) is 0 Å². The zero-order valence-corrected chi connectivity index (χ0v) is 9.96. The number of hydrogen-bond donors (Lipinski definition) is 0. The minimum atomic E-state index is -4.40. The highest BCUT2D eigenvalue weighted by molar-refractivity contribution is 5.61. The molecule has 0 radical (unpaired) electrons. The van der Waals surface area contributed by atoms with E-state index in [2.05, 4.69) is 6.92 Å². The van der Waals surface area contributed by atoms with Gasteiger partial charge in [-0.3, -0.25) is 0 Å². The average molecular weight is 254 g/mol. The van der Waals surface area contributed by atoms with Gasteiger partial charge in [0.05, 0.1) is 16.8 Å². The summed E-state index contributed by atoms with van der Waals surface area (Å²) in [5.41, 5.74) is -0.0659. The normalized spacial score (nSPS) is 19.9. The van der Waals surface area contributed by atoms with Gasteiger partial charge in [-0.15, -0.1) is 0 Å². The van der Waals surface area contributed by atoms with Crippen molar-refractivity contribution in [3.63, 3.8) is 0 Å². The summed E-state index contributed by atoms with van der Waals surface area (Å²) in [5.74, 6) is 0.513. The molecule has 0 aliphatic carbocycles. The summed E-state index contributed by atoms with van der Waals surface area (Å²) in [7, 11) is 0. The Morgan fingerprint density at radius 3 is 2.61 bits per heavy atom. The Kier molecular flexibility index (Phi) is 3.20. The molecule has 2 rings (SSSR count). The van der Waals surface area contributed by atoms with Crippen LogP contribution in [0.3, 0.4) is 0 Å². The summed E-state index contributed by atoms with van der Waals surface area (Å²) < 4.78 is 37.7. The summed E-state index contributed by atoms with van der Waals surface area (Å²) in [6, 6.07) is 5.23. The highest BCUT2D eigenvalue weighted by Crippen LogP contribution is 2.34. The molecule has 1 aromatic carbocycles. The second-order valence-electron chi connectivity index (χ2n) is 4.68. The van der Waals surface area contributed by atoms with Crippen LogP contribution < -0.4 is 4.90 Å². The molecular weight excluding hydrogens is 241 g/mol. The number of alkyl halides is 3. The monoisotopic (exact) mass is 254 g/mol. The quantitative estimate of drug-likeness (QED) is 0.767. The Morgan fingerprint density at radius 1 is 1.39 bits per heavy atom. The molecule has 0 spiro atoms. The Morgan fingerprint density at radius 2 is 2.11 bits per heavy atom. The van der Waals surface area contributed by atoms with Crippen molar-refractivity contribution in [1.82, 2.24) is 0 Å². The van der Waals surface area contributed by atoms with Crippen LogP contribution in [-0.4, -0.2) is 13.1 Å². The van der Waals surface area contributed by atoms with Crippen LogP contribution >= 0.6 is 0 Å². The molecule has 0 bridgehead atoms. The largest absolute Gasteiger partial charge is 0.416 e. The average Bonchev–Trinajstić information content (AvgIpc) is 2.73. The first-order valence-corrected chi connectivity index (χ1v) is 5.78. The van der Waals surface area contributed by atoms with Gasteiger partial charge in [-0.25, -0.2) is 0 Å². The molecule has 0 aromatic heterocycles. The van der Waals surface area contributed by atoms with Crippen molar-refractivity contribution < 1.29 is 13.2 Å². The Balaban J connectivity index is 2.36. The van der Waals surface area contributed by atoms with E-state index in [0.717, 1.165) is 31.6 Å². The van der Waals surface area contributed by atoms with Gasteiger partial charge in [0.25, 0.3) is 0 Å². The highest BCUT2D eigenvalue weighted by Gasteiger charge is 2.32. The molecule has 1 aliphatic heterocycles. The first-order chi connectivity index (χ1) is 8.41. The Bertz CT molecular complexity index is 488.